The van der Waals surface area contributed by atoms with E-state index >= 15 is 0 Å². The minimum absolute atomic E-state index is 0.298. The van der Waals surface area contributed by atoms with Gasteiger partial charge in [-0.1, -0.05) is 24.3 Å². The molecule has 3 aromatic rings. The smallest absolute Gasteiger partial charge is 0.266 e. The first-order valence-electron chi connectivity index (χ1n) is 8.70. The maximum Gasteiger partial charge on any atom is 0.266 e. The Morgan fingerprint density at radius 2 is 1.96 bits per heavy atom. The van der Waals surface area contributed by atoms with Crippen LogP contribution in [0.4, 0.5) is 10.2 Å². The number of nitrogens with zero attached hydrogens (tertiary/aromatic N) is 3. The zero-order chi connectivity index (χ0) is 19.4. The van der Waals surface area contributed by atoms with Gasteiger partial charge < -0.3 is 10.1 Å². The summed E-state index contributed by atoms with van der Waals surface area (Å²) in [7, 11) is 0. The lowest BCUT2D eigenvalue weighted by molar-refractivity contribution is -0.122. The summed E-state index contributed by atoms with van der Waals surface area (Å²) in [5.74, 6) is 0.358. The summed E-state index contributed by atoms with van der Waals surface area (Å²) in [4.78, 5) is 12.6. The molecule has 0 saturated heterocycles. The van der Waals surface area contributed by atoms with Gasteiger partial charge in [-0.3, -0.25) is 4.79 Å². The number of ether oxygens (including phenoxy) is 1. The van der Waals surface area contributed by atoms with Crippen molar-refractivity contribution in [3.8, 4) is 11.4 Å². The van der Waals surface area contributed by atoms with Crippen molar-refractivity contribution in [2.24, 2.45) is 0 Å². The first kappa shape index (κ1) is 18.6. The van der Waals surface area contributed by atoms with E-state index in [1.165, 1.54) is 16.8 Å². The van der Waals surface area contributed by atoms with Crippen LogP contribution in [0, 0.1) is 19.7 Å². The fraction of sp³-hybridized carbons (Fsp3) is 0.250. The lowest BCUT2D eigenvalue weighted by Crippen LogP contribution is -2.32. The Balaban J connectivity index is 1.74. The number of aromatic nitrogens is 3. The van der Waals surface area contributed by atoms with Crippen molar-refractivity contribution in [3.63, 3.8) is 0 Å². The molecule has 27 heavy (non-hydrogen) atoms. The Morgan fingerprint density at radius 3 is 2.63 bits per heavy atom. The zero-order valence-electron chi connectivity index (χ0n) is 15.4. The molecule has 1 amide bonds. The molecule has 1 aromatic heterocycles. The largest absolute Gasteiger partial charge is 0.481 e. The molecule has 1 atom stereocenters. The zero-order valence-corrected chi connectivity index (χ0v) is 15.4. The SMILES string of the molecule is CCC(Oc1cccc(C)c1)C(=O)Nc1nnn(-c2ccc(F)cc2)c1C. The minimum Gasteiger partial charge on any atom is -0.481 e. The highest BCUT2D eigenvalue weighted by Gasteiger charge is 2.21. The molecule has 0 fully saturated rings. The van der Waals surface area contributed by atoms with Gasteiger partial charge in [-0.15, -0.1) is 5.10 Å². The third kappa shape index (κ3) is 4.31. The third-order valence-electron chi connectivity index (χ3n) is 4.14. The summed E-state index contributed by atoms with van der Waals surface area (Å²) in [5.41, 5.74) is 2.35. The lowest BCUT2D eigenvalue weighted by Gasteiger charge is -2.17. The van der Waals surface area contributed by atoms with Crippen molar-refractivity contribution in [3.05, 3.63) is 65.6 Å². The number of rotatable bonds is 6. The second kappa shape index (κ2) is 7.99. The predicted octanol–water partition coefficient (Wildman–Crippen LogP) is 3.82. The molecule has 0 spiro atoms. The number of carbonyl (C=O) groups excluding carboxylic acids is 1. The van der Waals surface area contributed by atoms with Crippen molar-refractivity contribution >= 4 is 11.7 Å². The number of anilines is 1. The van der Waals surface area contributed by atoms with Crippen LogP contribution in [0.1, 0.15) is 24.6 Å². The number of aryl methyl sites for hydroxylation is 1. The monoisotopic (exact) mass is 368 g/mol. The molecule has 3 rings (SSSR count). The van der Waals surface area contributed by atoms with Crippen LogP contribution in [0.25, 0.3) is 5.69 Å². The van der Waals surface area contributed by atoms with Crippen LogP contribution in [-0.2, 0) is 4.79 Å². The highest BCUT2D eigenvalue weighted by atomic mass is 19.1. The Bertz CT molecular complexity index is 937. The van der Waals surface area contributed by atoms with Gasteiger partial charge in [0.2, 0.25) is 0 Å². The van der Waals surface area contributed by atoms with Gasteiger partial charge in [-0.05, 0) is 62.2 Å². The van der Waals surface area contributed by atoms with E-state index in [0.29, 0.717) is 29.4 Å². The second-order valence-electron chi connectivity index (χ2n) is 6.23. The van der Waals surface area contributed by atoms with Crippen molar-refractivity contribution in [2.45, 2.75) is 33.3 Å². The number of hydrogen-bond acceptors (Lipinski definition) is 4. The molecule has 1 unspecified atom stereocenters. The van der Waals surface area contributed by atoms with E-state index < -0.39 is 6.10 Å². The number of benzene rings is 2. The molecule has 2 aromatic carbocycles. The van der Waals surface area contributed by atoms with Gasteiger partial charge >= 0.3 is 0 Å². The van der Waals surface area contributed by atoms with Crippen LogP contribution >= 0.6 is 0 Å². The first-order valence-corrected chi connectivity index (χ1v) is 8.70. The highest BCUT2D eigenvalue weighted by molar-refractivity contribution is 5.94. The van der Waals surface area contributed by atoms with Crippen LogP contribution in [-0.4, -0.2) is 27.0 Å². The highest BCUT2D eigenvalue weighted by Crippen LogP contribution is 2.19. The molecule has 0 aliphatic rings. The number of amides is 1. The molecule has 0 bridgehead atoms. The van der Waals surface area contributed by atoms with Crippen LogP contribution in [0.3, 0.4) is 0 Å². The van der Waals surface area contributed by atoms with E-state index in [0.717, 1.165) is 5.56 Å². The maximum absolute atomic E-state index is 13.1. The van der Waals surface area contributed by atoms with Crippen molar-refractivity contribution in [1.82, 2.24) is 15.0 Å². The van der Waals surface area contributed by atoms with E-state index in [2.05, 4.69) is 15.6 Å². The average molecular weight is 368 g/mol. The molecule has 0 aliphatic carbocycles. The van der Waals surface area contributed by atoms with Crippen molar-refractivity contribution in [2.75, 3.05) is 5.32 Å². The van der Waals surface area contributed by atoms with Crippen LogP contribution < -0.4 is 10.1 Å². The van der Waals surface area contributed by atoms with Gasteiger partial charge in [-0.25, -0.2) is 9.07 Å². The van der Waals surface area contributed by atoms with E-state index in [4.69, 9.17) is 4.74 Å². The molecule has 1 heterocycles. The first-order chi connectivity index (χ1) is 13.0. The van der Waals surface area contributed by atoms with E-state index in [1.54, 1.807) is 19.1 Å². The normalized spacial score (nSPS) is 11.9. The summed E-state index contributed by atoms with van der Waals surface area (Å²) in [6.45, 7) is 5.62. The van der Waals surface area contributed by atoms with Crippen LogP contribution in [0.2, 0.25) is 0 Å². The van der Waals surface area contributed by atoms with E-state index in [-0.39, 0.29) is 11.7 Å². The van der Waals surface area contributed by atoms with Gasteiger partial charge in [0.05, 0.1) is 11.4 Å². The summed E-state index contributed by atoms with van der Waals surface area (Å²) >= 11 is 0. The summed E-state index contributed by atoms with van der Waals surface area (Å²) < 4.78 is 20.4. The van der Waals surface area contributed by atoms with E-state index in [9.17, 15) is 9.18 Å². The second-order valence-corrected chi connectivity index (χ2v) is 6.23. The van der Waals surface area contributed by atoms with Gasteiger partial charge in [-0.2, -0.15) is 0 Å². The van der Waals surface area contributed by atoms with Gasteiger partial charge in [0.25, 0.3) is 5.91 Å². The summed E-state index contributed by atoms with van der Waals surface area (Å²) in [6, 6.07) is 13.4. The van der Waals surface area contributed by atoms with Gasteiger partial charge in [0.1, 0.15) is 11.6 Å². The van der Waals surface area contributed by atoms with Crippen LogP contribution in [0.5, 0.6) is 5.75 Å². The fourth-order valence-corrected chi connectivity index (χ4v) is 2.64. The van der Waals surface area contributed by atoms with Crippen molar-refractivity contribution in [1.29, 1.82) is 0 Å². The Labute approximate surface area is 157 Å². The molecule has 1 N–H and O–H groups in total. The predicted molar refractivity (Wildman–Crippen MR) is 101 cm³/mol. The Morgan fingerprint density at radius 1 is 1.22 bits per heavy atom. The van der Waals surface area contributed by atoms with E-state index in [1.807, 2.05) is 38.1 Å². The minimum atomic E-state index is -0.651. The number of halogens is 1. The Kier molecular flexibility index (Phi) is 5.49. The molecular formula is C20H21FN4O2. The topological polar surface area (TPSA) is 69.0 Å². The number of carbonyl (C=O) groups is 1. The molecule has 0 aliphatic heterocycles. The summed E-state index contributed by atoms with van der Waals surface area (Å²) in [6.07, 6.45) is -0.146. The molecule has 0 radical (unpaired) electrons. The standard InChI is InChI=1S/C20H21FN4O2/c1-4-18(27-17-7-5-6-13(2)12-17)20(26)22-19-14(3)25(24-23-19)16-10-8-15(21)9-11-16/h5-12,18H,4H2,1-3H3,(H,22,26). The molecule has 0 saturated carbocycles. The van der Waals surface area contributed by atoms with Crippen LogP contribution in [0.15, 0.2) is 48.5 Å². The third-order valence-corrected chi connectivity index (χ3v) is 4.14. The summed E-state index contributed by atoms with van der Waals surface area (Å²) in [5, 5.41) is 10.8. The lowest BCUT2D eigenvalue weighted by atomic mass is 10.2. The molecule has 6 nitrogen and oxygen atoms in total. The maximum atomic E-state index is 13.1. The molecule has 7 heteroatoms. The number of hydrogen-bond donors (Lipinski definition) is 1. The fourth-order valence-electron chi connectivity index (χ4n) is 2.64. The Hall–Kier alpha value is -3.22. The molecule has 140 valence electrons. The molecular weight excluding hydrogens is 347 g/mol. The quantitative estimate of drug-likeness (QED) is 0.718. The average Bonchev–Trinajstić information content (AvgIpc) is 3.01. The van der Waals surface area contributed by atoms with Gasteiger partial charge in [0, 0.05) is 0 Å². The van der Waals surface area contributed by atoms with Crippen molar-refractivity contribution < 1.29 is 13.9 Å². The number of nitrogens with one attached hydrogen (secondary N) is 1. The van der Waals surface area contributed by atoms with Gasteiger partial charge in [0.15, 0.2) is 11.9 Å².